The van der Waals surface area contributed by atoms with Crippen molar-refractivity contribution in [2.24, 2.45) is 0 Å². The van der Waals surface area contributed by atoms with Crippen molar-refractivity contribution in [3.8, 4) is 16.9 Å². The van der Waals surface area contributed by atoms with Crippen molar-refractivity contribution in [3.63, 3.8) is 0 Å². The minimum Gasteiger partial charge on any atom is -0.482 e. The van der Waals surface area contributed by atoms with Gasteiger partial charge in [-0.25, -0.2) is 9.37 Å². The number of nitrogen functional groups attached to an aromatic ring is 1. The summed E-state index contributed by atoms with van der Waals surface area (Å²) >= 11 is 12.3. The zero-order valence-corrected chi connectivity index (χ0v) is 19.6. The lowest BCUT2D eigenvalue weighted by Gasteiger charge is -2.24. The fourth-order valence-corrected chi connectivity index (χ4v) is 4.58. The molecule has 0 radical (unpaired) electrons. The maximum Gasteiger partial charge on any atom is 0.244 e. The predicted molar refractivity (Wildman–Crippen MR) is 126 cm³/mol. The Morgan fingerprint density at radius 2 is 2.12 bits per heavy atom. The summed E-state index contributed by atoms with van der Waals surface area (Å²) < 4.78 is 19.9. The van der Waals surface area contributed by atoms with Gasteiger partial charge in [-0.05, 0) is 38.0 Å². The molecule has 0 spiro atoms. The molecule has 2 aromatic heterocycles. The fraction of sp³-hybridized carbons (Fsp3) is 0.318. The van der Waals surface area contributed by atoms with Gasteiger partial charge in [0.15, 0.2) is 11.6 Å². The number of hydrogen-bond donors (Lipinski definition) is 2. The molecule has 1 aliphatic rings. The van der Waals surface area contributed by atoms with Gasteiger partial charge in [0.1, 0.15) is 18.0 Å². The largest absolute Gasteiger partial charge is 0.482 e. The number of rotatable bonds is 6. The number of likely N-dealkylation sites (N-methyl/N-ethyl adjacent to an activating group) is 1. The molecule has 1 aliphatic heterocycles. The van der Waals surface area contributed by atoms with E-state index >= 15 is 0 Å². The smallest absolute Gasteiger partial charge is 0.244 e. The third-order valence-corrected chi connectivity index (χ3v) is 6.33. The van der Waals surface area contributed by atoms with Crippen LogP contribution in [0.25, 0.3) is 11.1 Å². The lowest BCUT2D eigenvalue weighted by molar-refractivity contribution is -0.122. The van der Waals surface area contributed by atoms with Crippen molar-refractivity contribution in [1.29, 1.82) is 0 Å². The first-order chi connectivity index (χ1) is 15.8. The summed E-state index contributed by atoms with van der Waals surface area (Å²) in [4.78, 5) is 18.1. The van der Waals surface area contributed by atoms with Gasteiger partial charge in [0.05, 0.1) is 17.4 Å². The first-order valence-electron chi connectivity index (χ1n) is 10.4. The van der Waals surface area contributed by atoms with Crippen LogP contribution in [-0.4, -0.2) is 40.4 Å². The Hall–Kier alpha value is -3.04. The van der Waals surface area contributed by atoms with Gasteiger partial charge in [-0.2, -0.15) is 9.89 Å². The van der Waals surface area contributed by atoms with Crippen molar-refractivity contribution in [3.05, 3.63) is 58.2 Å². The van der Waals surface area contributed by atoms with Crippen LogP contribution >= 0.6 is 23.2 Å². The van der Waals surface area contributed by atoms with Gasteiger partial charge in [-0.3, -0.25) is 9.80 Å². The molecule has 11 heteroatoms. The Bertz CT molecular complexity index is 1190. The molecule has 3 N–H and O–H groups in total. The van der Waals surface area contributed by atoms with Crippen molar-refractivity contribution in [2.75, 3.05) is 24.3 Å². The highest BCUT2D eigenvalue weighted by Crippen LogP contribution is 2.37. The summed E-state index contributed by atoms with van der Waals surface area (Å²) in [6.07, 6.45) is 6.09. The summed E-state index contributed by atoms with van der Waals surface area (Å²) in [6, 6.07) is 4.08. The van der Waals surface area contributed by atoms with E-state index in [1.165, 1.54) is 12.1 Å². The zero-order valence-electron chi connectivity index (χ0n) is 18.1. The number of aromatic nitrogens is 3. The van der Waals surface area contributed by atoms with Crippen LogP contribution in [0.1, 0.15) is 31.4 Å². The lowest BCUT2D eigenvalue weighted by atomic mass is 10.1. The number of nitrogens with one attached hydrogen (secondary N) is 1. The Morgan fingerprint density at radius 3 is 2.88 bits per heavy atom. The molecule has 3 heterocycles. The number of benzene rings is 1. The van der Waals surface area contributed by atoms with E-state index in [0.717, 1.165) is 24.9 Å². The van der Waals surface area contributed by atoms with E-state index in [1.807, 2.05) is 11.2 Å². The molecule has 1 saturated heterocycles. The first-order valence-corrected chi connectivity index (χ1v) is 11.1. The Kier molecular flexibility index (Phi) is 6.62. The highest BCUT2D eigenvalue weighted by atomic mass is 35.5. The number of carbonyl (C=O) groups is 1. The predicted octanol–water partition coefficient (Wildman–Crippen LogP) is 3.96. The van der Waals surface area contributed by atoms with E-state index in [0.29, 0.717) is 16.9 Å². The minimum absolute atomic E-state index is 0.0435. The summed E-state index contributed by atoms with van der Waals surface area (Å²) in [5.74, 6) is -0.164. The van der Waals surface area contributed by atoms with E-state index in [-0.39, 0.29) is 27.8 Å². The molecule has 4 rings (SSSR count). The average molecular weight is 493 g/mol. The van der Waals surface area contributed by atoms with Crippen molar-refractivity contribution in [2.45, 2.75) is 31.9 Å². The van der Waals surface area contributed by atoms with Gasteiger partial charge in [0, 0.05) is 41.5 Å². The van der Waals surface area contributed by atoms with Crippen LogP contribution < -0.4 is 20.8 Å². The fourth-order valence-electron chi connectivity index (χ4n) is 3.90. The number of ether oxygens (including phenoxy) is 1. The van der Waals surface area contributed by atoms with Crippen LogP contribution in [0.4, 0.5) is 10.2 Å². The van der Waals surface area contributed by atoms with Crippen LogP contribution in [0.5, 0.6) is 5.75 Å². The molecular formula is C22H23Cl2FN6O2. The van der Waals surface area contributed by atoms with Crippen molar-refractivity contribution >= 4 is 34.9 Å². The Labute approximate surface area is 200 Å². The number of halogens is 3. The van der Waals surface area contributed by atoms with Crippen molar-refractivity contribution < 1.29 is 13.9 Å². The SMILES string of the molecule is CNC(=O)C1CCCN1n1cc(-c2cnc(N)c(OC(C)c3c(Cl)ccc(F)c3Cl)c2)cn1. The summed E-state index contributed by atoms with van der Waals surface area (Å²) in [7, 11) is 1.63. The van der Waals surface area contributed by atoms with Crippen LogP contribution in [-0.2, 0) is 4.79 Å². The zero-order chi connectivity index (χ0) is 23.7. The quantitative estimate of drug-likeness (QED) is 0.505. The maximum absolute atomic E-state index is 13.9. The summed E-state index contributed by atoms with van der Waals surface area (Å²) in [6.45, 7) is 2.42. The third kappa shape index (κ3) is 4.56. The molecule has 1 fully saturated rings. The number of nitrogens with two attached hydrogens (primary N) is 1. The lowest BCUT2D eigenvalue weighted by Crippen LogP contribution is -2.47. The molecule has 174 valence electrons. The second kappa shape index (κ2) is 9.44. The van der Waals surface area contributed by atoms with Gasteiger partial charge in [0.25, 0.3) is 0 Å². The number of hydrogen-bond acceptors (Lipinski definition) is 6. The van der Waals surface area contributed by atoms with Gasteiger partial charge in [0.2, 0.25) is 5.91 Å². The van der Waals surface area contributed by atoms with Crippen molar-refractivity contribution in [1.82, 2.24) is 20.2 Å². The second-order valence-corrected chi connectivity index (χ2v) is 8.49. The van der Waals surface area contributed by atoms with E-state index in [2.05, 4.69) is 15.4 Å². The Morgan fingerprint density at radius 1 is 1.33 bits per heavy atom. The average Bonchev–Trinajstić information content (AvgIpc) is 3.47. The highest BCUT2D eigenvalue weighted by Gasteiger charge is 2.31. The maximum atomic E-state index is 13.9. The number of anilines is 1. The van der Waals surface area contributed by atoms with Gasteiger partial charge >= 0.3 is 0 Å². The molecule has 1 aromatic carbocycles. The van der Waals surface area contributed by atoms with E-state index in [1.54, 1.807) is 37.2 Å². The molecule has 2 atom stereocenters. The first kappa shape index (κ1) is 23.1. The molecule has 1 amide bonds. The molecular weight excluding hydrogens is 470 g/mol. The topological polar surface area (TPSA) is 98.3 Å². The van der Waals surface area contributed by atoms with E-state index in [9.17, 15) is 9.18 Å². The number of amides is 1. The van der Waals surface area contributed by atoms with Gasteiger partial charge in [-0.1, -0.05) is 23.2 Å². The molecule has 2 unspecified atom stereocenters. The third-order valence-electron chi connectivity index (χ3n) is 5.61. The number of carbonyl (C=O) groups excluding carboxylic acids is 1. The summed E-state index contributed by atoms with van der Waals surface area (Å²) in [5.41, 5.74) is 7.83. The number of pyridine rings is 1. The van der Waals surface area contributed by atoms with Crippen LogP contribution in [0.15, 0.2) is 36.8 Å². The molecule has 3 aromatic rings. The standard InChI is InChI=1S/C22H23Cl2FN6O2/c1-12(19-15(23)5-6-16(25)20(19)24)33-18-8-13(9-28-21(18)26)14-10-29-31(11-14)30-7-3-4-17(30)22(32)27-2/h5-6,8-12,17H,3-4,7H2,1-2H3,(H2,26,28)(H,27,32). The van der Waals surface area contributed by atoms with Crippen LogP contribution in [0.3, 0.4) is 0 Å². The van der Waals surface area contributed by atoms with Crippen LogP contribution in [0.2, 0.25) is 10.0 Å². The molecule has 0 aliphatic carbocycles. The summed E-state index contributed by atoms with van der Waals surface area (Å²) in [5, 5.41) is 9.22. The van der Waals surface area contributed by atoms with Gasteiger partial charge in [-0.15, -0.1) is 0 Å². The molecule has 33 heavy (non-hydrogen) atoms. The monoisotopic (exact) mass is 492 g/mol. The van der Waals surface area contributed by atoms with E-state index in [4.69, 9.17) is 33.7 Å². The second-order valence-electron chi connectivity index (χ2n) is 7.71. The normalized spacial score (nSPS) is 16.6. The highest BCUT2D eigenvalue weighted by molar-refractivity contribution is 6.36. The van der Waals surface area contributed by atoms with Gasteiger partial charge < -0.3 is 15.8 Å². The van der Waals surface area contributed by atoms with E-state index < -0.39 is 11.9 Å². The Balaban J connectivity index is 1.59. The molecule has 0 saturated carbocycles. The number of nitrogens with zero attached hydrogens (tertiary/aromatic N) is 4. The molecule has 8 nitrogen and oxygen atoms in total. The molecule has 0 bridgehead atoms. The minimum atomic E-state index is -0.680. The van der Waals surface area contributed by atoms with Crippen LogP contribution in [0, 0.1) is 5.82 Å².